The van der Waals surface area contributed by atoms with Crippen LogP contribution in [0.25, 0.3) is 16.6 Å². The number of phenols is 1. The van der Waals surface area contributed by atoms with E-state index in [1.165, 1.54) is 4.57 Å². The summed E-state index contributed by atoms with van der Waals surface area (Å²) < 4.78 is 2.50. The number of halogens is 1. The van der Waals surface area contributed by atoms with Gasteiger partial charge in [0.2, 0.25) is 0 Å². The van der Waals surface area contributed by atoms with Gasteiger partial charge in [-0.25, -0.2) is 4.98 Å². The first-order chi connectivity index (χ1) is 9.56. The van der Waals surface area contributed by atoms with Crippen molar-refractivity contribution in [2.45, 2.75) is 6.92 Å². The van der Waals surface area contributed by atoms with E-state index in [0.717, 1.165) is 3.57 Å². The minimum Gasteiger partial charge on any atom is -0.508 e. The Bertz CT molecular complexity index is 871. The van der Waals surface area contributed by atoms with Gasteiger partial charge in [0.15, 0.2) is 0 Å². The molecule has 0 spiro atoms. The van der Waals surface area contributed by atoms with Crippen molar-refractivity contribution >= 4 is 33.5 Å². The third kappa shape index (κ3) is 2.18. The third-order valence-electron chi connectivity index (χ3n) is 3.09. The van der Waals surface area contributed by atoms with Crippen molar-refractivity contribution in [1.29, 1.82) is 0 Å². The largest absolute Gasteiger partial charge is 0.508 e. The molecule has 0 bridgehead atoms. The predicted molar refractivity (Wildman–Crippen MR) is 86.5 cm³/mol. The number of aryl methyl sites for hydroxylation is 1. The normalized spacial score (nSPS) is 10.9. The smallest absolute Gasteiger partial charge is 0.265 e. The molecular formula is C15H11IN2O2. The highest BCUT2D eigenvalue weighted by Gasteiger charge is 2.10. The molecule has 0 unspecified atom stereocenters. The van der Waals surface area contributed by atoms with Crippen LogP contribution in [-0.4, -0.2) is 14.7 Å². The first-order valence-electron chi connectivity index (χ1n) is 6.04. The molecule has 0 atom stereocenters. The second-order valence-electron chi connectivity index (χ2n) is 4.48. The molecule has 0 radical (unpaired) electrons. The minimum atomic E-state index is -0.128. The molecule has 4 nitrogen and oxygen atoms in total. The van der Waals surface area contributed by atoms with Crippen molar-refractivity contribution in [1.82, 2.24) is 9.55 Å². The minimum absolute atomic E-state index is 0.122. The summed E-state index contributed by atoms with van der Waals surface area (Å²) in [5, 5.41) is 10.2. The molecule has 0 saturated carbocycles. The molecule has 1 heterocycles. The zero-order valence-corrected chi connectivity index (χ0v) is 12.8. The van der Waals surface area contributed by atoms with Crippen LogP contribution >= 0.6 is 22.6 Å². The number of aromatic hydroxyl groups is 1. The Balaban J connectivity index is 2.39. The number of phenolic OH excluding ortho intramolecular Hbond substituents is 1. The van der Waals surface area contributed by atoms with Crippen LogP contribution in [0, 0.1) is 10.5 Å². The van der Waals surface area contributed by atoms with Gasteiger partial charge < -0.3 is 5.11 Å². The maximum atomic E-state index is 12.7. The number of benzene rings is 2. The lowest BCUT2D eigenvalue weighted by Crippen LogP contribution is -2.22. The van der Waals surface area contributed by atoms with Crippen molar-refractivity contribution in [3.8, 4) is 11.4 Å². The summed E-state index contributed by atoms with van der Waals surface area (Å²) in [7, 11) is 0. The molecule has 0 saturated heterocycles. The van der Waals surface area contributed by atoms with Crippen LogP contribution in [-0.2, 0) is 0 Å². The van der Waals surface area contributed by atoms with Crippen molar-refractivity contribution in [3.05, 3.63) is 62.2 Å². The molecule has 0 aliphatic carbocycles. The molecule has 0 amide bonds. The van der Waals surface area contributed by atoms with E-state index < -0.39 is 0 Å². The van der Waals surface area contributed by atoms with Gasteiger partial charge in [-0.3, -0.25) is 9.36 Å². The second-order valence-corrected chi connectivity index (χ2v) is 5.73. The van der Waals surface area contributed by atoms with E-state index in [4.69, 9.17) is 0 Å². The van der Waals surface area contributed by atoms with E-state index >= 15 is 0 Å². The van der Waals surface area contributed by atoms with E-state index in [0.29, 0.717) is 22.4 Å². The third-order valence-corrected chi connectivity index (χ3v) is 3.76. The molecule has 3 aromatic rings. The fraction of sp³-hybridized carbons (Fsp3) is 0.0667. The average Bonchev–Trinajstić information content (AvgIpc) is 2.40. The molecule has 1 aromatic heterocycles. The van der Waals surface area contributed by atoms with E-state index in [2.05, 4.69) is 27.6 Å². The Labute approximate surface area is 128 Å². The molecule has 1 N–H and O–H groups in total. The SMILES string of the molecule is Cc1nc2ccc(I)cc2c(=O)n1-c1cccc(O)c1. The van der Waals surface area contributed by atoms with E-state index in [1.807, 2.05) is 18.2 Å². The first kappa shape index (κ1) is 13.1. The molecule has 0 fully saturated rings. The topological polar surface area (TPSA) is 55.1 Å². The monoisotopic (exact) mass is 378 g/mol. The summed E-state index contributed by atoms with van der Waals surface area (Å²) in [6.45, 7) is 1.78. The summed E-state index contributed by atoms with van der Waals surface area (Å²) in [5.74, 6) is 0.714. The summed E-state index contributed by atoms with van der Waals surface area (Å²) in [6, 6.07) is 12.2. The molecular weight excluding hydrogens is 367 g/mol. The van der Waals surface area contributed by atoms with Crippen LogP contribution in [0.2, 0.25) is 0 Å². The predicted octanol–water partition coefficient (Wildman–Crippen LogP) is 3.00. The number of nitrogens with zero attached hydrogens (tertiary/aromatic N) is 2. The van der Waals surface area contributed by atoms with Crippen LogP contribution in [0.4, 0.5) is 0 Å². The standard InChI is InChI=1S/C15H11IN2O2/c1-9-17-14-6-5-10(16)7-13(14)15(20)18(9)11-3-2-4-12(19)8-11/h2-8,19H,1H3. The molecule has 5 heteroatoms. The number of fused-ring (bicyclic) bond motifs is 1. The van der Waals surface area contributed by atoms with Gasteiger partial charge in [0.25, 0.3) is 5.56 Å². The maximum absolute atomic E-state index is 12.7. The highest BCUT2D eigenvalue weighted by Crippen LogP contribution is 2.18. The second kappa shape index (κ2) is 4.90. The summed E-state index contributed by atoms with van der Waals surface area (Å²) in [4.78, 5) is 17.1. The molecule has 100 valence electrons. The highest BCUT2D eigenvalue weighted by atomic mass is 127. The average molecular weight is 378 g/mol. The lowest BCUT2D eigenvalue weighted by atomic mass is 10.2. The molecule has 0 aliphatic rings. The van der Waals surface area contributed by atoms with Gasteiger partial charge in [-0.1, -0.05) is 6.07 Å². The van der Waals surface area contributed by atoms with Gasteiger partial charge in [0.1, 0.15) is 11.6 Å². The van der Waals surface area contributed by atoms with Crippen molar-refractivity contribution in [2.24, 2.45) is 0 Å². The number of aromatic nitrogens is 2. The fourth-order valence-electron chi connectivity index (χ4n) is 2.20. The molecule has 3 rings (SSSR count). The van der Waals surface area contributed by atoms with Gasteiger partial charge in [-0.05, 0) is 59.8 Å². The Morgan fingerprint density at radius 3 is 2.75 bits per heavy atom. The lowest BCUT2D eigenvalue weighted by Gasteiger charge is -2.11. The summed E-state index contributed by atoms with van der Waals surface area (Å²) in [5.41, 5.74) is 1.17. The highest BCUT2D eigenvalue weighted by molar-refractivity contribution is 14.1. The van der Waals surface area contributed by atoms with E-state index in [9.17, 15) is 9.90 Å². The van der Waals surface area contributed by atoms with E-state index in [1.54, 1.807) is 31.2 Å². The quantitative estimate of drug-likeness (QED) is 0.663. The van der Waals surface area contributed by atoms with Crippen LogP contribution in [0.3, 0.4) is 0 Å². The lowest BCUT2D eigenvalue weighted by molar-refractivity contribution is 0.475. The zero-order valence-electron chi connectivity index (χ0n) is 10.7. The number of hydrogen-bond donors (Lipinski definition) is 1. The Morgan fingerprint density at radius 2 is 2.00 bits per heavy atom. The maximum Gasteiger partial charge on any atom is 0.265 e. The van der Waals surface area contributed by atoms with Crippen LogP contribution in [0.5, 0.6) is 5.75 Å². The molecule has 20 heavy (non-hydrogen) atoms. The van der Waals surface area contributed by atoms with Gasteiger partial charge in [-0.15, -0.1) is 0 Å². The van der Waals surface area contributed by atoms with Crippen molar-refractivity contribution < 1.29 is 5.11 Å². The summed E-state index contributed by atoms with van der Waals surface area (Å²) >= 11 is 2.17. The first-order valence-corrected chi connectivity index (χ1v) is 7.12. The van der Waals surface area contributed by atoms with Gasteiger partial charge in [0.05, 0.1) is 16.6 Å². The number of rotatable bonds is 1. The van der Waals surface area contributed by atoms with Crippen LogP contribution < -0.4 is 5.56 Å². The van der Waals surface area contributed by atoms with Gasteiger partial charge in [0, 0.05) is 9.64 Å². The summed E-state index contributed by atoms with van der Waals surface area (Å²) in [6.07, 6.45) is 0. The molecule has 0 aliphatic heterocycles. The van der Waals surface area contributed by atoms with Crippen molar-refractivity contribution in [2.75, 3.05) is 0 Å². The zero-order chi connectivity index (χ0) is 14.3. The van der Waals surface area contributed by atoms with Crippen LogP contribution in [0.15, 0.2) is 47.3 Å². The van der Waals surface area contributed by atoms with Gasteiger partial charge in [-0.2, -0.15) is 0 Å². The van der Waals surface area contributed by atoms with Crippen molar-refractivity contribution in [3.63, 3.8) is 0 Å². The fourth-order valence-corrected chi connectivity index (χ4v) is 2.70. The van der Waals surface area contributed by atoms with Gasteiger partial charge >= 0.3 is 0 Å². The Hall–Kier alpha value is -1.89. The van der Waals surface area contributed by atoms with Crippen LogP contribution in [0.1, 0.15) is 5.82 Å². The molecule has 2 aromatic carbocycles. The Morgan fingerprint density at radius 1 is 1.20 bits per heavy atom. The number of hydrogen-bond acceptors (Lipinski definition) is 3. The Kier molecular flexibility index (Phi) is 3.21. The van der Waals surface area contributed by atoms with E-state index in [-0.39, 0.29) is 11.3 Å².